The molecule has 3 rings (SSSR count). The summed E-state index contributed by atoms with van der Waals surface area (Å²) < 4.78 is 29.3. The summed E-state index contributed by atoms with van der Waals surface area (Å²) in [6.07, 6.45) is 1.83. The smallest absolute Gasteiger partial charge is 0.168 e. The van der Waals surface area contributed by atoms with Crippen LogP contribution in [-0.4, -0.2) is 0 Å². The Morgan fingerprint density at radius 1 is 0.833 bits per heavy atom. The summed E-state index contributed by atoms with van der Waals surface area (Å²) in [5, 5.41) is 0. The van der Waals surface area contributed by atoms with Gasteiger partial charge in [0.25, 0.3) is 0 Å². The molecule has 24 heavy (non-hydrogen) atoms. The number of aryl methyl sites for hydroxylation is 3. The zero-order valence-corrected chi connectivity index (χ0v) is 14.9. The van der Waals surface area contributed by atoms with E-state index in [2.05, 4.69) is 13.8 Å². The Balaban J connectivity index is 2.04. The van der Waals surface area contributed by atoms with Gasteiger partial charge in [0.1, 0.15) is 0 Å². The predicted octanol–water partition coefficient (Wildman–Crippen LogP) is 6.79. The maximum Gasteiger partial charge on any atom is 0.168 e. The molecule has 0 atom stereocenters. The van der Waals surface area contributed by atoms with Crippen molar-refractivity contribution in [1.82, 2.24) is 0 Å². The van der Waals surface area contributed by atoms with E-state index in [-0.39, 0.29) is 0 Å². The van der Waals surface area contributed by atoms with Crippen molar-refractivity contribution in [3.8, 4) is 21.6 Å². The maximum absolute atomic E-state index is 14.7. The highest BCUT2D eigenvalue weighted by Gasteiger charge is 2.17. The van der Waals surface area contributed by atoms with Crippen LogP contribution in [-0.2, 0) is 12.8 Å². The number of benzene rings is 2. The van der Waals surface area contributed by atoms with Gasteiger partial charge in [0, 0.05) is 20.9 Å². The minimum absolute atomic E-state index is 0.308. The number of hydrogen-bond acceptors (Lipinski definition) is 1. The first-order valence-electron chi connectivity index (χ1n) is 8.22. The van der Waals surface area contributed by atoms with Crippen LogP contribution in [0.5, 0.6) is 0 Å². The van der Waals surface area contributed by atoms with Crippen LogP contribution in [0.2, 0.25) is 0 Å². The molecule has 0 amide bonds. The molecule has 0 radical (unpaired) electrons. The molecule has 0 saturated heterocycles. The van der Waals surface area contributed by atoms with E-state index >= 15 is 0 Å². The molecule has 0 unspecified atom stereocenters. The van der Waals surface area contributed by atoms with Crippen LogP contribution in [0.4, 0.5) is 8.78 Å². The lowest BCUT2D eigenvalue weighted by molar-refractivity contribution is 0.514. The SMILES string of the molecule is CCc1ccc(-c2ccc(-c3cc(C)c(CC)s3)c(F)c2F)cc1. The van der Waals surface area contributed by atoms with Crippen LogP contribution in [0.25, 0.3) is 21.6 Å². The summed E-state index contributed by atoms with van der Waals surface area (Å²) in [6, 6.07) is 12.9. The fourth-order valence-corrected chi connectivity index (χ4v) is 4.02. The number of rotatable bonds is 4. The van der Waals surface area contributed by atoms with Crippen LogP contribution < -0.4 is 0 Å². The molecule has 0 aliphatic heterocycles. The van der Waals surface area contributed by atoms with Gasteiger partial charge in [0.2, 0.25) is 0 Å². The van der Waals surface area contributed by atoms with Crippen molar-refractivity contribution in [2.45, 2.75) is 33.6 Å². The first-order valence-corrected chi connectivity index (χ1v) is 9.03. The minimum atomic E-state index is -0.777. The Kier molecular flexibility index (Phi) is 4.81. The molecule has 0 aliphatic carbocycles. The standard InChI is InChI=1S/C21H20F2S/c1-4-14-6-8-15(9-7-14)16-10-11-17(21(23)20(16)22)19-12-13(3)18(5-2)24-19/h6-12H,4-5H2,1-3H3. The molecule has 124 valence electrons. The fourth-order valence-electron chi connectivity index (χ4n) is 2.89. The van der Waals surface area contributed by atoms with E-state index in [1.165, 1.54) is 21.8 Å². The predicted molar refractivity (Wildman–Crippen MR) is 98.6 cm³/mol. The molecule has 0 nitrogen and oxygen atoms in total. The zero-order chi connectivity index (χ0) is 17.3. The first kappa shape index (κ1) is 16.8. The Hall–Kier alpha value is -2.00. The van der Waals surface area contributed by atoms with Gasteiger partial charge in [-0.1, -0.05) is 44.2 Å². The van der Waals surface area contributed by atoms with E-state index in [4.69, 9.17) is 0 Å². The third-order valence-electron chi connectivity index (χ3n) is 4.36. The molecular formula is C21H20F2S. The van der Waals surface area contributed by atoms with Gasteiger partial charge in [-0.25, -0.2) is 8.78 Å². The van der Waals surface area contributed by atoms with E-state index in [0.29, 0.717) is 16.7 Å². The Morgan fingerprint density at radius 2 is 1.46 bits per heavy atom. The Labute approximate surface area is 145 Å². The second-order valence-corrected chi connectivity index (χ2v) is 7.05. The van der Waals surface area contributed by atoms with E-state index < -0.39 is 11.6 Å². The van der Waals surface area contributed by atoms with Gasteiger partial charge in [-0.2, -0.15) is 0 Å². The van der Waals surface area contributed by atoms with Crippen molar-refractivity contribution >= 4 is 11.3 Å². The van der Waals surface area contributed by atoms with Crippen LogP contribution >= 0.6 is 11.3 Å². The van der Waals surface area contributed by atoms with Crippen molar-refractivity contribution in [3.63, 3.8) is 0 Å². The van der Waals surface area contributed by atoms with Crippen LogP contribution in [0, 0.1) is 18.6 Å². The molecule has 0 bridgehead atoms. The number of hydrogen-bond donors (Lipinski definition) is 0. The van der Waals surface area contributed by atoms with E-state index in [0.717, 1.165) is 23.3 Å². The summed E-state index contributed by atoms with van der Waals surface area (Å²) in [5.74, 6) is -1.54. The van der Waals surface area contributed by atoms with Gasteiger partial charge in [0.15, 0.2) is 11.6 Å². The van der Waals surface area contributed by atoms with Gasteiger partial charge in [-0.05, 0) is 48.6 Å². The van der Waals surface area contributed by atoms with E-state index in [1.807, 2.05) is 37.3 Å². The molecule has 3 heteroatoms. The summed E-state index contributed by atoms with van der Waals surface area (Å²) in [4.78, 5) is 2.00. The number of thiophene rings is 1. The van der Waals surface area contributed by atoms with Gasteiger partial charge in [0.05, 0.1) is 0 Å². The molecule has 1 heterocycles. The quantitative estimate of drug-likeness (QED) is 0.489. The largest absolute Gasteiger partial charge is 0.203 e. The average molecular weight is 342 g/mol. The molecule has 0 fully saturated rings. The van der Waals surface area contributed by atoms with Crippen molar-refractivity contribution in [1.29, 1.82) is 0 Å². The summed E-state index contributed by atoms with van der Waals surface area (Å²) in [6.45, 7) is 6.15. The summed E-state index contributed by atoms with van der Waals surface area (Å²) >= 11 is 1.54. The highest BCUT2D eigenvalue weighted by atomic mass is 32.1. The Bertz CT molecular complexity index is 860. The zero-order valence-electron chi connectivity index (χ0n) is 14.1. The summed E-state index contributed by atoms with van der Waals surface area (Å²) in [5.41, 5.74) is 3.66. The molecule has 1 aromatic heterocycles. The van der Waals surface area contributed by atoms with Gasteiger partial charge >= 0.3 is 0 Å². The molecule has 2 aromatic carbocycles. The third kappa shape index (κ3) is 3.01. The second kappa shape index (κ2) is 6.86. The molecule has 0 saturated carbocycles. The molecule has 3 aromatic rings. The normalized spacial score (nSPS) is 11.0. The monoisotopic (exact) mass is 342 g/mol. The summed E-state index contributed by atoms with van der Waals surface area (Å²) in [7, 11) is 0. The molecular weight excluding hydrogens is 322 g/mol. The lowest BCUT2D eigenvalue weighted by Crippen LogP contribution is -1.93. The van der Waals surface area contributed by atoms with Gasteiger partial charge < -0.3 is 0 Å². The van der Waals surface area contributed by atoms with Crippen molar-refractivity contribution in [2.24, 2.45) is 0 Å². The lowest BCUT2D eigenvalue weighted by Gasteiger charge is -2.08. The van der Waals surface area contributed by atoms with Gasteiger partial charge in [-0.15, -0.1) is 11.3 Å². The first-order chi connectivity index (χ1) is 11.5. The van der Waals surface area contributed by atoms with Gasteiger partial charge in [-0.3, -0.25) is 0 Å². The maximum atomic E-state index is 14.7. The van der Waals surface area contributed by atoms with E-state index in [9.17, 15) is 8.78 Å². The molecule has 0 spiro atoms. The van der Waals surface area contributed by atoms with Crippen LogP contribution in [0.1, 0.15) is 29.9 Å². The van der Waals surface area contributed by atoms with E-state index in [1.54, 1.807) is 12.1 Å². The minimum Gasteiger partial charge on any atom is -0.203 e. The molecule has 0 N–H and O–H groups in total. The second-order valence-electron chi connectivity index (χ2n) is 5.91. The Morgan fingerprint density at radius 3 is 2.04 bits per heavy atom. The average Bonchev–Trinajstić information content (AvgIpc) is 2.98. The molecule has 0 aliphatic rings. The van der Waals surface area contributed by atoms with Crippen molar-refractivity contribution in [2.75, 3.05) is 0 Å². The van der Waals surface area contributed by atoms with Crippen LogP contribution in [0.3, 0.4) is 0 Å². The topological polar surface area (TPSA) is 0 Å². The van der Waals surface area contributed by atoms with Crippen LogP contribution in [0.15, 0.2) is 42.5 Å². The highest BCUT2D eigenvalue weighted by Crippen LogP contribution is 2.36. The van der Waals surface area contributed by atoms with Crippen molar-refractivity contribution in [3.05, 3.63) is 70.1 Å². The highest BCUT2D eigenvalue weighted by molar-refractivity contribution is 7.15. The lowest BCUT2D eigenvalue weighted by atomic mass is 10.00. The van der Waals surface area contributed by atoms with Crippen molar-refractivity contribution < 1.29 is 8.78 Å². The fraction of sp³-hybridized carbons (Fsp3) is 0.238. The third-order valence-corrected chi connectivity index (χ3v) is 5.78. The number of halogens is 2.